The second kappa shape index (κ2) is 6.04. The van der Waals surface area contributed by atoms with Crippen molar-refractivity contribution < 1.29 is 19.4 Å². The van der Waals surface area contributed by atoms with E-state index in [0.717, 1.165) is 25.7 Å². The van der Waals surface area contributed by atoms with E-state index in [0.29, 0.717) is 35.8 Å². The van der Waals surface area contributed by atoms with Crippen molar-refractivity contribution in [2.75, 3.05) is 18.0 Å². The molecular formula is C21H23FN2O4. The molecule has 148 valence electrons. The van der Waals surface area contributed by atoms with E-state index >= 15 is 4.39 Å². The van der Waals surface area contributed by atoms with Crippen LogP contribution in [0.2, 0.25) is 0 Å². The Kier molecular flexibility index (Phi) is 3.81. The van der Waals surface area contributed by atoms with Crippen LogP contribution in [-0.2, 0) is 0 Å². The number of carboxylic acid groups (broad SMARTS) is 1. The molecule has 2 heterocycles. The summed E-state index contributed by atoms with van der Waals surface area (Å²) in [5, 5.41) is 19.7. The minimum atomic E-state index is -1.29. The average Bonchev–Trinajstić information content (AvgIpc) is 3.31. The minimum absolute atomic E-state index is 0.130. The van der Waals surface area contributed by atoms with E-state index in [1.165, 1.54) is 12.3 Å². The Morgan fingerprint density at radius 2 is 1.96 bits per heavy atom. The fourth-order valence-corrected chi connectivity index (χ4v) is 5.27. The number of rotatable bonds is 3. The number of carbonyl (C=O) groups is 1. The number of aliphatic hydroxyl groups is 1. The van der Waals surface area contributed by atoms with Gasteiger partial charge in [0.2, 0.25) is 5.43 Å². The molecule has 7 heteroatoms. The van der Waals surface area contributed by atoms with Crippen molar-refractivity contribution in [3.8, 4) is 0 Å². The van der Waals surface area contributed by atoms with Crippen LogP contribution >= 0.6 is 0 Å². The maximum absolute atomic E-state index is 15.2. The number of anilines is 1. The number of carboxylic acids is 1. The van der Waals surface area contributed by atoms with E-state index in [2.05, 4.69) is 0 Å². The van der Waals surface area contributed by atoms with Crippen molar-refractivity contribution >= 4 is 22.6 Å². The monoisotopic (exact) mass is 386 g/mol. The van der Waals surface area contributed by atoms with Crippen LogP contribution in [-0.4, -0.2) is 39.9 Å². The summed E-state index contributed by atoms with van der Waals surface area (Å²) in [6, 6.07) is 1.36. The third kappa shape index (κ3) is 2.49. The third-order valence-electron chi connectivity index (χ3n) is 6.78. The summed E-state index contributed by atoms with van der Waals surface area (Å²) in [7, 11) is 0. The maximum Gasteiger partial charge on any atom is 0.341 e. The van der Waals surface area contributed by atoms with Crippen molar-refractivity contribution in [2.24, 2.45) is 11.8 Å². The first kappa shape index (κ1) is 17.7. The van der Waals surface area contributed by atoms with Crippen LogP contribution in [0.1, 0.15) is 47.6 Å². The molecule has 1 saturated heterocycles. The first-order valence-electron chi connectivity index (χ1n) is 9.91. The smallest absolute Gasteiger partial charge is 0.341 e. The number of aromatic nitrogens is 1. The van der Waals surface area contributed by atoms with Crippen LogP contribution < -0.4 is 10.3 Å². The van der Waals surface area contributed by atoms with E-state index in [1.54, 1.807) is 0 Å². The Labute approximate surface area is 161 Å². The molecule has 3 fully saturated rings. The predicted octanol–water partition coefficient (Wildman–Crippen LogP) is 2.69. The summed E-state index contributed by atoms with van der Waals surface area (Å²) in [4.78, 5) is 26.2. The molecule has 6 nitrogen and oxygen atoms in total. The van der Waals surface area contributed by atoms with E-state index in [4.69, 9.17) is 0 Å². The van der Waals surface area contributed by atoms with Crippen LogP contribution in [0, 0.1) is 24.6 Å². The van der Waals surface area contributed by atoms with Crippen molar-refractivity contribution in [1.29, 1.82) is 0 Å². The largest absolute Gasteiger partial charge is 0.477 e. The van der Waals surface area contributed by atoms with E-state index in [1.807, 2.05) is 16.4 Å². The van der Waals surface area contributed by atoms with Gasteiger partial charge in [-0.3, -0.25) is 4.79 Å². The van der Waals surface area contributed by atoms with Crippen molar-refractivity contribution in [1.82, 2.24) is 4.57 Å². The first-order valence-corrected chi connectivity index (χ1v) is 9.91. The van der Waals surface area contributed by atoms with Gasteiger partial charge in [0.1, 0.15) is 11.4 Å². The molecule has 1 aromatic heterocycles. The summed E-state index contributed by atoms with van der Waals surface area (Å²) < 4.78 is 17.0. The van der Waals surface area contributed by atoms with Crippen LogP contribution in [0.3, 0.4) is 0 Å². The highest BCUT2D eigenvalue weighted by Gasteiger charge is 2.43. The van der Waals surface area contributed by atoms with Gasteiger partial charge >= 0.3 is 5.97 Å². The number of aromatic carboxylic acids is 1. The number of benzene rings is 1. The van der Waals surface area contributed by atoms with Gasteiger partial charge < -0.3 is 19.7 Å². The zero-order chi connectivity index (χ0) is 19.7. The summed E-state index contributed by atoms with van der Waals surface area (Å²) >= 11 is 0. The lowest BCUT2D eigenvalue weighted by molar-refractivity contribution is 0.0694. The highest BCUT2D eigenvalue weighted by Crippen LogP contribution is 2.44. The Morgan fingerprint density at radius 1 is 1.21 bits per heavy atom. The molecule has 0 amide bonds. The molecule has 0 unspecified atom stereocenters. The highest BCUT2D eigenvalue weighted by atomic mass is 19.1. The van der Waals surface area contributed by atoms with Gasteiger partial charge in [0.15, 0.2) is 0 Å². The maximum atomic E-state index is 15.2. The van der Waals surface area contributed by atoms with Crippen LogP contribution in [0.25, 0.3) is 10.9 Å². The standard InChI is InChI=1S/C21H23FN2O4/c1-10-18-13(20(26)15(21(27)28)9-24(18)12-3-4-12)6-16(22)19(10)23-7-11-2-5-17(25)14(11)8-23/h6,9,11-12,14,17,25H,2-5,7-8H2,1H3,(H,27,28)/t11-,14+,17+/m0/s1. The number of nitrogens with zero attached hydrogens (tertiary/aromatic N) is 2. The Balaban J connectivity index is 1.70. The molecule has 2 aromatic rings. The number of pyridine rings is 1. The minimum Gasteiger partial charge on any atom is -0.477 e. The molecule has 28 heavy (non-hydrogen) atoms. The molecule has 3 aliphatic rings. The van der Waals surface area contributed by atoms with Crippen molar-refractivity contribution in [3.05, 3.63) is 39.4 Å². The lowest BCUT2D eigenvalue weighted by Gasteiger charge is -2.25. The molecule has 2 N–H and O–H groups in total. The molecule has 0 spiro atoms. The van der Waals surface area contributed by atoms with Crippen molar-refractivity contribution in [2.45, 2.75) is 44.8 Å². The molecule has 0 bridgehead atoms. The van der Waals surface area contributed by atoms with Gasteiger partial charge in [-0.05, 0) is 50.2 Å². The summed E-state index contributed by atoms with van der Waals surface area (Å²) in [6.45, 7) is 3.12. The number of hydrogen-bond acceptors (Lipinski definition) is 4. The molecule has 2 aliphatic carbocycles. The number of fused-ring (bicyclic) bond motifs is 2. The fourth-order valence-electron chi connectivity index (χ4n) is 5.27. The van der Waals surface area contributed by atoms with Gasteiger partial charge in [-0.15, -0.1) is 0 Å². The average molecular weight is 386 g/mol. The Morgan fingerprint density at radius 3 is 2.61 bits per heavy atom. The topological polar surface area (TPSA) is 82.8 Å². The van der Waals surface area contributed by atoms with Gasteiger partial charge in [-0.1, -0.05) is 0 Å². The molecule has 3 atom stereocenters. The number of aryl methyl sites for hydroxylation is 1. The molecule has 2 saturated carbocycles. The number of aliphatic hydroxyl groups excluding tert-OH is 1. The molecule has 0 radical (unpaired) electrons. The van der Waals surface area contributed by atoms with E-state index < -0.39 is 17.2 Å². The third-order valence-corrected chi connectivity index (χ3v) is 6.78. The highest BCUT2D eigenvalue weighted by molar-refractivity contribution is 5.95. The summed E-state index contributed by atoms with van der Waals surface area (Å²) in [6.07, 6.45) is 4.68. The normalized spacial score (nSPS) is 26.8. The molecule has 1 aromatic carbocycles. The second-order valence-electron chi connectivity index (χ2n) is 8.52. The molecule has 1 aliphatic heterocycles. The summed E-state index contributed by atoms with van der Waals surface area (Å²) in [5.74, 6) is -1.26. The molecular weight excluding hydrogens is 363 g/mol. The lowest BCUT2D eigenvalue weighted by Crippen LogP contribution is -2.27. The Bertz CT molecular complexity index is 1060. The van der Waals surface area contributed by atoms with Gasteiger partial charge in [0.25, 0.3) is 0 Å². The Hall–Kier alpha value is -2.41. The predicted molar refractivity (Wildman–Crippen MR) is 103 cm³/mol. The quantitative estimate of drug-likeness (QED) is 0.848. The lowest BCUT2D eigenvalue weighted by atomic mass is 10.00. The van der Waals surface area contributed by atoms with Crippen LogP contribution in [0.4, 0.5) is 10.1 Å². The first-order chi connectivity index (χ1) is 13.4. The number of halogens is 1. The second-order valence-corrected chi connectivity index (χ2v) is 8.52. The molecule has 5 rings (SSSR count). The zero-order valence-electron chi connectivity index (χ0n) is 15.7. The fraction of sp³-hybridized carbons (Fsp3) is 0.524. The SMILES string of the molecule is Cc1c(N2C[C@@H]3CC[C@@H](O)[C@@H]3C2)c(F)cc2c(=O)c(C(=O)O)cn(C3CC3)c12. The van der Waals surface area contributed by atoms with Gasteiger partial charge in [0, 0.05) is 36.6 Å². The zero-order valence-corrected chi connectivity index (χ0v) is 15.7. The van der Waals surface area contributed by atoms with Gasteiger partial charge in [-0.25, -0.2) is 9.18 Å². The van der Waals surface area contributed by atoms with Crippen LogP contribution in [0.15, 0.2) is 17.1 Å². The van der Waals surface area contributed by atoms with Gasteiger partial charge in [-0.2, -0.15) is 0 Å². The van der Waals surface area contributed by atoms with E-state index in [9.17, 15) is 19.8 Å². The van der Waals surface area contributed by atoms with E-state index in [-0.39, 0.29) is 29.0 Å². The number of hydrogen-bond donors (Lipinski definition) is 2. The van der Waals surface area contributed by atoms with Crippen LogP contribution in [0.5, 0.6) is 0 Å². The van der Waals surface area contributed by atoms with Crippen molar-refractivity contribution in [3.63, 3.8) is 0 Å². The van der Waals surface area contributed by atoms with Gasteiger partial charge in [0.05, 0.1) is 17.3 Å². The summed E-state index contributed by atoms with van der Waals surface area (Å²) in [5.41, 5.74) is 0.828.